The number of hydrogen-bond acceptors (Lipinski definition) is 3. The van der Waals surface area contributed by atoms with Crippen LogP contribution in [0.5, 0.6) is 0 Å². The molecule has 1 aromatic rings. The number of hydrogen-bond donors (Lipinski definition) is 2. The molecule has 1 aliphatic carbocycles. The van der Waals surface area contributed by atoms with Crippen LogP contribution >= 0.6 is 0 Å². The minimum absolute atomic E-state index is 0.0324. The predicted octanol–water partition coefficient (Wildman–Crippen LogP) is 2.08. The van der Waals surface area contributed by atoms with Crippen LogP contribution in [0, 0.1) is 11.8 Å². The van der Waals surface area contributed by atoms with Crippen LogP contribution in [-0.2, 0) is 6.54 Å². The van der Waals surface area contributed by atoms with Crippen LogP contribution in [-0.4, -0.2) is 52.9 Å². The van der Waals surface area contributed by atoms with Crippen molar-refractivity contribution in [2.24, 2.45) is 11.8 Å². The first-order valence-electron chi connectivity index (χ1n) is 9.43. The Labute approximate surface area is 145 Å². The quantitative estimate of drug-likeness (QED) is 0.803. The standard InChI is InChI=1S/C18H31N5O/c1-15(12-23-9-4-8-20-23)11-19-18(24)21-17-7-10-22(14-17)13-16-5-2-3-6-16/h4,8-9,15-17H,2-3,5-7,10-14H2,1H3,(H2,19,21,24)/t15-,17-/m0/s1. The molecule has 2 amide bonds. The molecular weight excluding hydrogens is 302 g/mol. The van der Waals surface area contributed by atoms with Crippen molar-refractivity contribution in [3.05, 3.63) is 18.5 Å². The third-order valence-corrected chi connectivity index (χ3v) is 5.27. The van der Waals surface area contributed by atoms with Gasteiger partial charge in [0.2, 0.25) is 0 Å². The van der Waals surface area contributed by atoms with E-state index >= 15 is 0 Å². The number of carbonyl (C=O) groups is 1. The van der Waals surface area contributed by atoms with E-state index < -0.39 is 0 Å². The van der Waals surface area contributed by atoms with E-state index in [2.05, 4.69) is 27.6 Å². The smallest absolute Gasteiger partial charge is 0.315 e. The van der Waals surface area contributed by atoms with Gasteiger partial charge in [-0.3, -0.25) is 4.68 Å². The minimum atomic E-state index is -0.0324. The number of likely N-dealkylation sites (tertiary alicyclic amines) is 1. The Hall–Kier alpha value is -1.56. The molecule has 0 unspecified atom stereocenters. The molecule has 0 aromatic carbocycles. The fourth-order valence-corrected chi connectivity index (χ4v) is 3.97. The lowest BCUT2D eigenvalue weighted by molar-refractivity contribution is 0.232. The molecule has 2 atom stereocenters. The number of aromatic nitrogens is 2. The fraction of sp³-hybridized carbons (Fsp3) is 0.778. The molecule has 2 fully saturated rings. The van der Waals surface area contributed by atoms with Crippen molar-refractivity contribution in [2.75, 3.05) is 26.2 Å². The lowest BCUT2D eigenvalue weighted by Crippen LogP contribution is -2.45. The summed E-state index contributed by atoms with van der Waals surface area (Å²) >= 11 is 0. The molecule has 0 spiro atoms. The molecule has 1 saturated carbocycles. The van der Waals surface area contributed by atoms with E-state index in [1.54, 1.807) is 6.20 Å². The van der Waals surface area contributed by atoms with Crippen molar-refractivity contribution in [3.8, 4) is 0 Å². The topological polar surface area (TPSA) is 62.2 Å². The Morgan fingerprint density at radius 3 is 2.92 bits per heavy atom. The molecular formula is C18H31N5O. The lowest BCUT2D eigenvalue weighted by Gasteiger charge is -2.20. The molecule has 1 aliphatic heterocycles. The summed E-state index contributed by atoms with van der Waals surface area (Å²) in [6, 6.07) is 2.19. The predicted molar refractivity (Wildman–Crippen MR) is 94.7 cm³/mol. The first kappa shape index (κ1) is 17.3. The van der Waals surface area contributed by atoms with Crippen LogP contribution in [0.25, 0.3) is 0 Å². The van der Waals surface area contributed by atoms with E-state index in [4.69, 9.17) is 0 Å². The van der Waals surface area contributed by atoms with Gasteiger partial charge in [-0.2, -0.15) is 5.10 Å². The van der Waals surface area contributed by atoms with Crippen molar-refractivity contribution < 1.29 is 4.79 Å². The second kappa shape index (κ2) is 8.51. The summed E-state index contributed by atoms with van der Waals surface area (Å²) < 4.78 is 1.90. The molecule has 6 heteroatoms. The summed E-state index contributed by atoms with van der Waals surface area (Å²) in [5.74, 6) is 1.25. The second-order valence-electron chi connectivity index (χ2n) is 7.58. The van der Waals surface area contributed by atoms with Crippen LogP contribution in [0.2, 0.25) is 0 Å². The first-order chi connectivity index (χ1) is 11.7. The van der Waals surface area contributed by atoms with E-state index in [9.17, 15) is 4.79 Å². The molecule has 2 N–H and O–H groups in total. The fourth-order valence-electron chi connectivity index (χ4n) is 3.97. The summed E-state index contributed by atoms with van der Waals surface area (Å²) in [4.78, 5) is 14.6. The number of carbonyl (C=O) groups excluding carboxylic acids is 1. The van der Waals surface area contributed by atoms with Gasteiger partial charge < -0.3 is 15.5 Å². The Morgan fingerprint density at radius 1 is 1.33 bits per heavy atom. The molecule has 134 valence electrons. The van der Waals surface area contributed by atoms with Crippen LogP contribution in [0.1, 0.15) is 39.0 Å². The Morgan fingerprint density at radius 2 is 2.17 bits per heavy atom. The number of rotatable bonds is 7. The first-order valence-corrected chi connectivity index (χ1v) is 9.43. The highest BCUT2D eigenvalue weighted by atomic mass is 16.2. The van der Waals surface area contributed by atoms with Crippen molar-refractivity contribution >= 4 is 6.03 Å². The second-order valence-corrected chi connectivity index (χ2v) is 7.58. The van der Waals surface area contributed by atoms with Crippen LogP contribution in [0.3, 0.4) is 0 Å². The number of amides is 2. The van der Waals surface area contributed by atoms with Gasteiger partial charge in [0.15, 0.2) is 0 Å². The maximum Gasteiger partial charge on any atom is 0.315 e. The largest absolute Gasteiger partial charge is 0.338 e. The van der Waals surface area contributed by atoms with E-state index in [1.165, 1.54) is 32.2 Å². The van der Waals surface area contributed by atoms with Crippen LogP contribution < -0.4 is 10.6 Å². The zero-order valence-electron chi connectivity index (χ0n) is 14.8. The highest BCUT2D eigenvalue weighted by molar-refractivity contribution is 5.74. The third-order valence-electron chi connectivity index (χ3n) is 5.27. The van der Waals surface area contributed by atoms with Crippen molar-refractivity contribution in [1.82, 2.24) is 25.3 Å². The minimum Gasteiger partial charge on any atom is -0.338 e. The number of nitrogens with zero attached hydrogens (tertiary/aromatic N) is 3. The van der Waals surface area contributed by atoms with Gasteiger partial charge in [-0.15, -0.1) is 0 Å². The Kier molecular flexibility index (Phi) is 6.12. The van der Waals surface area contributed by atoms with Gasteiger partial charge in [-0.05, 0) is 37.2 Å². The SMILES string of the molecule is C[C@@H](CNC(=O)N[C@H]1CCN(CC2CCCC2)C1)Cn1cccn1. The normalized spacial score (nSPS) is 23.5. The summed E-state index contributed by atoms with van der Waals surface area (Å²) in [6.45, 7) is 6.97. The molecule has 2 aliphatic rings. The van der Waals surface area contributed by atoms with Crippen LogP contribution in [0.15, 0.2) is 18.5 Å². The van der Waals surface area contributed by atoms with Gasteiger partial charge in [-0.25, -0.2) is 4.79 Å². The molecule has 24 heavy (non-hydrogen) atoms. The van der Waals surface area contributed by atoms with Gasteiger partial charge in [0, 0.05) is 51.2 Å². The maximum absolute atomic E-state index is 12.1. The van der Waals surface area contributed by atoms with Crippen molar-refractivity contribution in [3.63, 3.8) is 0 Å². The van der Waals surface area contributed by atoms with E-state index in [1.807, 2.05) is 16.9 Å². The third kappa shape index (κ3) is 5.23. The van der Waals surface area contributed by atoms with Gasteiger partial charge in [0.1, 0.15) is 0 Å². The molecule has 6 nitrogen and oxygen atoms in total. The average Bonchev–Trinajstić information content (AvgIpc) is 3.29. The molecule has 3 rings (SSSR count). The van der Waals surface area contributed by atoms with E-state index in [-0.39, 0.29) is 6.03 Å². The summed E-state index contributed by atoms with van der Waals surface area (Å²) in [5, 5.41) is 10.3. The zero-order chi connectivity index (χ0) is 16.8. The van der Waals surface area contributed by atoms with Gasteiger partial charge in [-0.1, -0.05) is 19.8 Å². The molecule has 2 heterocycles. The summed E-state index contributed by atoms with van der Waals surface area (Å²) in [5.41, 5.74) is 0. The van der Waals surface area contributed by atoms with E-state index in [0.717, 1.165) is 32.0 Å². The van der Waals surface area contributed by atoms with Crippen molar-refractivity contribution in [1.29, 1.82) is 0 Å². The summed E-state index contributed by atoms with van der Waals surface area (Å²) in [7, 11) is 0. The molecule has 1 saturated heterocycles. The van der Waals surface area contributed by atoms with Gasteiger partial charge in [0.05, 0.1) is 0 Å². The highest BCUT2D eigenvalue weighted by Crippen LogP contribution is 2.26. The number of urea groups is 1. The Balaban J connectivity index is 1.30. The lowest BCUT2D eigenvalue weighted by atomic mass is 10.1. The average molecular weight is 333 g/mol. The maximum atomic E-state index is 12.1. The van der Waals surface area contributed by atoms with Crippen LogP contribution in [0.4, 0.5) is 4.79 Å². The molecule has 1 aromatic heterocycles. The van der Waals surface area contributed by atoms with Crippen molar-refractivity contribution in [2.45, 2.75) is 51.6 Å². The van der Waals surface area contributed by atoms with Gasteiger partial charge in [0.25, 0.3) is 0 Å². The zero-order valence-corrected chi connectivity index (χ0v) is 14.8. The summed E-state index contributed by atoms with van der Waals surface area (Å²) in [6.07, 6.45) is 10.4. The highest BCUT2D eigenvalue weighted by Gasteiger charge is 2.26. The monoisotopic (exact) mass is 333 g/mol. The Bertz CT molecular complexity index is 498. The molecule has 0 radical (unpaired) electrons. The van der Waals surface area contributed by atoms with E-state index in [0.29, 0.717) is 18.5 Å². The molecule has 0 bridgehead atoms. The number of nitrogens with one attached hydrogen (secondary N) is 2. The van der Waals surface area contributed by atoms with Gasteiger partial charge >= 0.3 is 6.03 Å².